The van der Waals surface area contributed by atoms with Crippen molar-refractivity contribution < 1.29 is 18.0 Å². The average molecular weight is 310 g/mol. The van der Waals surface area contributed by atoms with Crippen molar-refractivity contribution in [1.82, 2.24) is 9.80 Å². The molecule has 1 heterocycles. The van der Waals surface area contributed by atoms with Crippen molar-refractivity contribution in [1.29, 1.82) is 0 Å². The lowest BCUT2D eigenvalue weighted by molar-refractivity contribution is -0.119. The molecular formula is C14H18N2O4S. The first-order valence-corrected chi connectivity index (χ1v) is 8.70. The van der Waals surface area contributed by atoms with Crippen LogP contribution < -0.4 is 0 Å². The van der Waals surface area contributed by atoms with Crippen molar-refractivity contribution >= 4 is 22.2 Å². The van der Waals surface area contributed by atoms with Crippen LogP contribution >= 0.6 is 0 Å². The topological polar surface area (TPSA) is 74.8 Å². The Bertz CT molecular complexity index is 617. The minimum absolute atomic E-state index is 0.0283. The maximum Gasteiger partial charge on any atom is 0.253 e. The van der Waals surface area contributed by atoms with Gasteiger partial charge in [-0.15, -0.1) is 0 Å². The molecule has 0 saturated carbocycles. The molecule has 1 aliphatic heterocycles. The summed E-state index contributed by atoms with van der Waals surface area (Å²) in [4.78, 5) is 26.3. The Hall–Kier alpha value is -1.89. The van der Waals surface area contributed by atoms with Gasteiger partial charge < -0.3 is 9.80 Å². The van der Waals surface area contributed by atoms with Crippen molar-refractivity contribution in [2.45, 2.75) is 5.75 Å². The van der Waals surface area contributed by atoms with Crippen molar-refractivity contribution in [3.8, 4) is 0 Å². The van der Waals surface area contributed by atoms with Gasteiger partial charge in [0.15, 0.2) is 9.84 Å². The molecule has 2 amide bonds. The van der Waals surface area contributed by atoms with Crippen LogP contribution in [0.15, 0.2) is 24.3 Å². The number of carbonyl (C=O) groups excluding carboxylic acids is 2. The number of hydrogen-bond acceptors (Lipinski definition) is 4. The van der Waals surface area contributed by atoms with Gasteiger partial charge in [-0.2, -0.15) is 0 Å². The SMILES string of the molecule is CS(=O)(=O)Cc1ccc(C(=O)N2CCN(C=O)CC2)cc1. The van der Waals surface area contributed by atoms with Gasteiger partial charge in [0.2, 0.25) is 6.41 Å². The highest BCUT2D eigenvalue weighted by atomic mass is 32.2. The minimum Gasteiger partial charge on any atom is -0.342 e. The maximum atomic E-state index is 12.3. The van der Waals surface area contributed by atoms with E-state index in [2.05, 4.69) is 0 Å². The Kier molecular flexibility index (Phi) is 4.62. The normalized spacial score (nSPS) is 15.9. The lowest BCUT2D eigenvalue weighted by atomic mass is 10.1. The van der Waals surface area contributed by atoms with E-state index < -0.39 is 9.84 Å². The molecule has 0 bridgehead atoms. The van der Waals surface area contributed by atoms with Crippen molar-refractivity contribution in [3.05, 3.63) is 35.4 Å². The summed E-state index contributed by atoms with van der Waals surface area (Å²) in [6.07, 6.45) is 1.97. The molecule has 2 rings (SSSR count). The molecule has 1 aliphatic rings. The Morgan fingerprint density at radius 2 is 1.71 bits per heavy atom. The van der Waals surface area contributed by atoms with Gasteiger partial charge in [0, 0.05) is 38.0 Å². The number of nitrogens with zero attached hydrogens (tertiary/aromatic N) is 2. The number of sulfone groups is 1. The molecular weight excluding hydrogens is 292 g/mol. The van der Waals surface area contributed by atoms with Gasteiger partial charge in [-0.3, -0.25) is 9.59 Å². The van der Waals surface area contributed by atoms with Crippen molar-refractivity contribution in [2.24, 2.45) is 0 Å². The van der Waals surface area contributed by atoms with E-state index in [1.54, 1.807) is 34.1 Å². The third kappa shape index (κ3) is 4.29. The van der Waals surface area contributed by atoms with E-state index in [0.717, 1.165) is 6.41 Å². The fraction of sp³-hybridized carbons (Fsp3) is 0.429. The molecule has 0 radical (unpaired) electrons. The molecule has 114 valence electrons. The standard InChI is InChI=1S/C14H18N2O4S/c1-21(19,20)10-12-2-4-13(5-3-12)14(18)16-8-6-15(11-17)7-9-16/h2-5,11H,6-10H2,1H3. The van der Waals surface area contributed by atoms with Crippen LogP contribution in [0.1, 0.15) is 15.9 Å². The van der Waals surface area contributed by atoms with Gasteiger partial charge in [-0.05, 0) is 17.7 Å². The monoisotopic (exact) mass is 310 g/mol. The van der Waals surface area contributed by atoms with Crippen molar-refractivity contribution in [2.75, 3.05) is 32.4 Å². The van der Waals surface area contributed by atoms with E-state index in [0.29, 0.717) is 37.3 Å². The summed E-state index contributed by atoms with van der Waals surface area (Å²) < 4.78 is 22.4. The highest BCUT2D eigenvalue weighted by Gasteiger charge is 2.21. The lowest BCUT2D eigenvalue weighted by Gasteiger charge is -2.32. The lowest BCUT2D eigenvalue weighted by Crippen LogP contribution is -2.48. The number of amides is 2. The van der Waals surface area contributed by atoms with Gasteiger partial charge in [-0.25, -0.2) is 8.42 Å². The van der Waals surface area contributed by atoms with E-state index >= 15 is 0 Å². The van der Waals surface area contributed by atoms with E-state index in [9.17, 15) is 18.0 Å². The first-order valence-electron chi connectivity index (χ1n) is 6.64. The van der Waals surface area contributed by atoms with E-state index in [1.807, 2.05) is 0 Å². The smallest absolute Gasteiger partial charge is 0.253 e. The summed E-state index contributed by atoms with van der Waals surface area (Å²) in [6.45, 7) is 2.12. The summed E-state index contributed by atoms with van der Waals surface area (Å²) in [5, 5.41) is 0. The number of rotatable bonds is 4. The van der Waals surface area contributed by atoms with Gasteiger partial charge in [0.25, 0.3) is 5.91 Å². The fourth-order valence-corrected chi connectivity index (χ4v) is 3.06. The second-order valence-electron chi connectivity index (χ2n) is 5.20. The molecule has 6 nitrogen and oxygen atoms in total. The molecule has 0 atom stereocenters. The Morgan fingerprint density at radius 3 is 2.19 bits per heavy atom. The third-order valence-corrected chi connectivity index (χ3v) is 4.24. The minimum atomic E-state index is -3.07. The molecule has 21 heavy (non-hydrogen) atoms. The molecule has 7 heteroatoms. The van der Waals surface area contributed by atoms with Gasteiger partial charge in [0.05, 0.1) is 5.75 Å². The van der Waals surface area contributed by atoms with Crippen LogP contribution in [0, 0.1) is 0 Å². The van der Waals surface area contributed by atoms with Gasteiger partial charge >= 0.3 is 0 Å². The summed E-state index contributed by atoms with van der Waals surface area (Å²) in [6, 6.07) is 6.62. The fourth-order valence-electron chi connectivity index (χ4n) is 2.26. The van der Waals surface area contributed by atoms with Crippen LogP contribution in [-0.4, -0.2) is 63.0 Å². The van der Waals surface area contributed by atoms with Crippen LogP contribution in [0.2, 0.25) is 0 Å². The highest BCUT2D eigenvalue weighted by Crippen LogP contribution is 2.11. The van der Waals surface area contributed by atoms with E-state index in [-0.39, 0.29) is 11.7 Å². The molecule has 1 saturated heterocycles. The first-order chi connectivity index (χ1) is 9.89. The quantitative estimate of drug-likeness (QED) is 0.742. The maximum absolute atomic E-state index is 12.3. The first kappa shape index (κ1) is 15.5. The molecule has 0 unspecified atom stereocenters. The Labute approximate surface area is 124 Å². The number of carbonyl (C=O) groups is 2. The average Bonchev–Trinajstić information content (AvgIpc) is 2.46. The second kappa shape index (κ2) is 6.26. The van der Waals surface area contributed by atoms with Gasteiger partial charge in [0.1, 0.15) is 0 Å². The predicted octanol–water partition coefficient (Wildman–Crippen LogP) is 0.145. The molecule has 1 aromatic rings. The Morgan fingerprint density at radius 1 is 1.14 bits per heavy atom. The molecule has 0 N–H and O–H groups in total. The molecule has 1 fully saturated rings. The van der Waals surface area contributed by atoms with Gasteiger partial charge in [-0.1, -0.05) is 12.1 Å². The summed E-state index contributed by atoms with van der Waals surface area (Å²) in [7, 11) is -3.07. The highest BCUT2D eigenvalue weighted by molar-refractivity contribution is 7.89. The predicted molar refractivity (Wildman–Crippen MR) is 78.5 cm³/mol. The van der Waals surface area contributed by atoms with Crippen LogP contribution in [0.5, 0.6) is 0 Å². The van der Waals surface area contributed by atoms with Crippen molar-refractivity contribution in [3.63, 3.8) is 0 Å². The number of piperazine rings is 1. The zero-order valence-corrected chi connectivity index (χ0v) is 12.7. The number of benzene rings is 1. The number of hydrogen-bond donors (Lipinski definition) is 0. The molecule has 0 aliphatic carbocycles. The van der Waals surface area contributed by atoms with Crippen LogP contribution in [-0.2, 0) is 20.4 Å². The van der Waals surface area contributed by atoms with Crippen LogP contribution in [0.4, 0.5) is 0 Å². The second-order valence-corrected chi connectivity index (χ2v) is 7.34. The zero-order chi connectivity index (χ0) is 15.5. The van der Waals surface area contributed by atoms with Crippen LogP contribution in [0.25, 0.3) is 0 Å². The summed E-state index contributed by atoms with van der Waals surface area (Å²) >= 11 is 0. The Balaban J connectivity index is 2.02. The summed E-state index contributed by atoms with van der Waals surface area (Å²) in [5.74, 6) is -0.120. The largest absolute Gasteiger partial charge is 0.342 e. The molecule has 0 spiro atoms. The van der Waals surface area contributed by atoms with E-state index in [4.69, 9.17) is 0 Å². The van der Waals surface area contributed by atoms with E-state index in [1.165, 1.54) is 6.26 Å². The molecule has 0 aromatic heterocycles. The summed E-state index contributed by atoms with van der Waals surface area (Å²) in [5.41, 5.74) is 1.20. The third-order valence-electron chi connectivity index (χ3n) is 3.38. The molecule has 1 aromatic carbocycles. The van der Waals surface area contributed by atoms with Crippen LogP contribution in [0.3, 0.4) is 0 Å². The zero-order valence-electron chi connectivity index (χ0n) is 11.9.